The van der Waals surface area contributed by atoms with Crippen molar-refractivity contribution in [3.63, 3.8) is 0 Å². The van der Waals surface area contributed by atoms with E-state index in [4.69, 9.17) is 0 Å². The zero-order valence-corrected chi connectivity index (χ0v) is 13.5. The van der Waals surface area contributed by atoms with Gasteiger partial charge < -0.3 is 15.2 Å². The van der Waals surface area contributed by atoms with E-state index >= 15 is 0 Å². The SMILES string of the molecule is CC1(C)[C@H](C(=O)NC2CCCCCC2)CC[C@@]1(C)C(=O)[O-]. The number of carbonyl (C=O) groups excluding carboxylic acids is 2. The van der Waals surface area contributed by atoms with E-state index in [-0.39, 0.29) is 17.9 Å². The highest BCUT2D eigenvalue weighted by atomic mass is 16.4. The maximum atomic E-state index is 12.6. The Labute approximate surface area is 127 Å². The summed E-state index contributed by atoms with van der Waals surface area (Å²) in [6.45, 7) is 5.52. The lowest BCUT2D eigenvalue weighted by Gasteiger charge is -2.42. The van der Waals surface area contributed by atoms with Crippen LogP contribution in [0.3, 0.4) is 0 Å². The summed E-state index contributed by atoms with van der Waals surface area (Å²) in [6, 6.07) is 0.269. The molecule has 4 nitrogen and oxygen atoms in total. The van der Waals surface area contributed by atoms with Gasteiger partial charge in [0.15, 0.2) is 0 Å². The minimum Gasteiger partial charge on any atom is -0.550 e. The molecule has 1 amide bonds. The van der Waals surface area contributed by atoms with E-state index in [9.17, 15) is 14.7 Å². The van der Waals surface area contributed by atoms with Crippen molar-refractivity contribution in [1.82, 2.24) is 5.32 Å². The Morgan fingerprint density at radius 3 is 2.05 bits per heavy atom. The average Bonchev–Trinajstić information content (AvgIpc) is 2.59. The van der Waals surface area contributed by atoms with Gasteiger partial charge in [-0.3, -0.25) is 4.79 Å². The van der Waals surface area contributed by atoms with Crippen molar-refractivity contribution >= 4 is 11.9 Å². The molecule has 0 aromatic carbocycles. The van der Waals surface area contributed by atoms with Crippen LogP contribution >= 0.6 is 0 Å². The monoisotopic (exact) mass is 294 g/mol. The fourth-order valence-electron chi connectivity index (χ4n) is 4.05. The Bertz CT molecular complexity index is 410. The largest absolute Gasteiger partial charge is 0.550 e. The van der Waals surface area contributed by atoms with E-state index in [0.29, 0.717) is 12.8 Å². The summed E-state index contributed by atoms with van der Waals surface area (Å²) in [5.41, 5.74) is -1.49. The van der Waals surface area contributed by atoms with Crippen LogP contribution in [0.25, 0.3) is 0 Å². The Morgan fingerprint density at radius 1 is 1.00 bits per heavy atom. The summed E-state index contributed by atoms with van der Waals surface area (Å²) in [5, 5.41) is 14.7. The summed E-state index contributed by atoms with van der Waals surface area (Å²) in [6.07, 6.45) is 8.12. The minimum absolute atomic E-state index is 0.0388. The predicted octanol–water partition coefficient (Wildman–Crippen LogP) is 2.02. The Morgan fingerprint density at radius 2 is 1.57 bits per heavy atom. The molecule has 2 aliphatic carbocycles. The summed E-state index contributed by atoms with van der Waals surface area (Å²) >= 11 is 0. The zero-order valence-electron chi connectivity index (χ0n) is 13.5. The molecule has 0 bridgehead atoms. The van der Waals surface area contributed by atoms with Gasteiger partial charge in [-0.15, -0.1) is 0 Å². The summed E-state index contributed by atoms with van der Waals surface area (Å²) in [5.74, 6) is -1.22. The van der Waals surface area contributed by atoms with Crippen LogP contribution in [-0.2, 0) is 9.59 Å². The van der Waals surface area contributed by atoms with Crippen LogP contribution in [0.2, 0.25) is 0 Å². The number of carboxylic acids is 1. The Kier molecular flexibility index (Phi) is 4.64. The molecule has 1 N–H and O–H groups in total. The van der Waals surface area contributed by atoms with Crippen molar-refractivity contribution < 1.29 is 14.7 Å². The van der Waals surface area contributed by atoms with Gasteiger partial charge in [0, 0.05) is 23.3 Å². The van der Waals surface area contributed by atoms with E-state index in [2.05, 4.69) is 5.32 Å². The van der Waals surface area contributed by atoms with Crippen LogP contribution in [0.15, 0.2) is 0 Å². The lowest BCUT2D eigenvalue weighted by atomic mass is 9.65. The molecule has 0 spiro atoms. The minimum atomic E-state index is -1.03. The van der Waals surface area contributed by atoms with Crippen molar-refractivity contribution in [3.05, 3.63) is 0 Å². The third-order valence-electron chi connectivity index (χ3n) is 6.19. The van der Waals surface area contributed by atoms with Gasteiger partial charge >= 0.3 is 0 Å². The number of amides is 1. The van der Waals surface area contributed by atoms with Gasteiger partial charge in [0.1, 0.15) is 0 Å². The van der Waals surface area contributed by atoms with Gasteiger partial charge in [-0.2, -0.15) is 0 Å². The van der Waals surface area contributed by atoms with E-state index < -0.39 is 16.8 Å². The normalized spacial score (nSPS) is 33.4. The second kappa shape index (κ2) is 5.98. The van der Waals surface area contributed by atoms with Crippen LogP contribution < -0.4 is 10.4 Å². The van der Waals surface area contributed by atoms with Crippen molar-refractivity contribution in [2.24, 2.45) is 16.7 Å². The predicted molar refractivity (Wildman–Crippen MR) is 79.3 cm³/mol. The molecule has 0 aliphatic heterocycles. The molecule has 4 heteroatoms. The van der Waals surface area contributed by atoms with Crippen LogP contribution in [0.4, 0.5) is 0 Å². The third kappa shape index (κ3) is 2.95. The highest BCUT2D eigenvalue weighted by Crippen LogP contribution is 2.55. The van der Waals surface area contributed by atoms with Crippen LogP contribution in [0.5, 0.6) is 0 Å². The lowest BCUT2D eigenvalue weighted by Crippen LogP contribution is -2.51. The second-order valence-electron chi connectivity index (χ2n) is 7.63. The molecule has 0 aromatic heterocycles. The molecule has 0 radical (unpaired) electrons. The zero-order chi connectivity index (χ0) is 15.7. The summed E-state index contributed by atoms with van der Waals surface area (Å²) in [4.78, 5) is 24.1. The molecule has 2 atom stereocenters. The number of carbonyl (C=O) groups is 2. The number of hydrogen-bond donors (Lipinski definition) is 1. The number of aliphatic carboxylic acids is 1. The third-order valence-corrected chi connectivity index (χ3v) is 6.19. The maximum absolute atomic E-state index is 12.6. The van der Waals surface area contributed by atoms with E-state index in [1.165, 1.54) is 25.7 Å². The fourth-order valence-corrected chi connectivity index (χ4v) is 4.05. The molecular formula is C17H28NO3-. The molecule has 0 saturated heterocycles. The number of hydrogen-bond acceptors (Lipinski definition) is 3. The lowest BCUT2D eigenvalue weighted by molar-refractivity contribution is -0.323. The molecule has 2 fully saturated rings. The van der Waals surface area contributed by atoms with Gasteiger partial charge in [-0.05, 0) is 31.1 Å². The first-order valence-electron chi connectivity index (χ1n) is 8.31. The molecule has 2 rings (SSSR count). The van der Waals surface area contributed by atoms with Gasteiger partial charge in [0.2, 0.25) is 5.91 Å². The van der Waals surface area contributed by atoms with Crippen molar-refractivity contribution in [3.8, 4) is 0 Å². The van der Waals surface area contributed by atoms with Gasteiger partial charge in [0.25, 0.3) is 0 Å². The highest BCUT2D eigenvalue weighted by molar-refractivity contribution is 5.83. The van der Waals surface area contributed by atoms with Gasteiger partial charge in [0.05, 0.1) is 0 Å². The molecule has 2 saturated carbocycles. The first-order chi connectivity index (χ1) is 9.79. The number of rotatable bonds is 3. The topological polar surface area (TPSA) is 69.2 Å². The standard InChI is InChI=1S/C17H29NO3/c1-16(2)13(10-11-17(16,3)15(20)21)14(19)18-12-8-6-4-5-7-9-12/h12-13H,4-11H2,1-3H3,(H,18,19)(H,20,21)/p-1/t13-,17-/m0/s1. The average molecular weight is 294 g/mol. The first kappa shape index (κ1) is 16.3. The second-order valence-corrected chi connectivity index (χ2v) is 7.63. The number of carboxylic acid groups (broad SMARTS) is 1. The smallest absolute Gasteiger partial charge is 0.223 e. The molecule has 0 heterocycles. The van der Waals surface area contributed by atoms with Crippen LogP contribution in [0.1, 0.15) is 72.1 Å². The quantitative estimate of drug-likeness (QED) is 0.810. The summed E-state index contributed by atoms with van der Waals surface area (Å²) in [7, 11) is 0. The molecule has 0 aromatic rings. The van der Waals surface area contributed by atoms with Crippen LogP contribution in [-0.4, -0.2) is 17.9 Å². The number of nitrogens with one attached hydrogen (secondary N) is 1. The van der Waals surface area contributed by atoms with Gasteiger partial charge in [-0.25, -0.2) is 0 Å². The van der Waals surface area contributed by atoms with Gasteiger partial charge in [-0.1, -0.05) is 46.5 Å². The van der Waals surface area contributed by atoms with E-state index in [0.717, 1.165) is 12.8 Å². The Hall–Kier alpha value is -1.06. The highest BCUT2D eigenvalue weighted by Gasteiger charge is 2.54. The van der Waals surface area contributed by atoms with Crippen molar-refractivity contribution in [2.75, 3.05) is 0 Å². The summed E-state index contributed by atoms with van der Waals surface area (Å²) < 4.78 is 0. The molecule has 2 aliphatic rings. The van der Waals surface area contributed by atoms with Crippen molar-refractivity contribution in [1.29, 1.82) is 0 Å². The maximum Gasteiger partial charge on any atom is 0.223 e. The first-order valence-corrected chi connectivity index (χ1v) is 8.31. The van der Waals surface area contributed by atoms with E-state index in [1.54, 1.807) is 6.92 Å². The fraction of sp³-hybridized carbons (Fsp3) is 0.882. The van der Waals surface area contributed by atoms with Crippen LogP contribution in [0, 0.1) is 16.7 Å². The molecular weight excluding hydrogens is 266 g/mol. The Balaban J connectivity index is 2.04. The molecule has 21 heavy (non-hydrogen) atoms. The molecule has 120 valence electrons. The van der Waals surface area contributed by atoms with E-state index in [1.807, 2.05) is 13.8 Å². The van der Waals surface area contributed by atoms with Crippen molar-refractivity contribution in [2.45, 2.75) is 78.2 Å². The molecule has 0 unspecified atom stereocenters.